The van der Waals surface area contributed by atoms with E-state index in [4.69, 9.17) is 21.0 Å². The predicted octanol–water partition coefficient (Wildman–Crippen LogP) is 1.99. The lowest BCUT2D eigenvalue weighted by molar-refractivity contribution is 1.26. The van der Waals surface area contributed by atoms with Crippen molar-refractivity contribution in [1.29, 1.82) is 21.0 Å². The fourth-order valence-electron chi connectivity index (χ4n) is 1.22. The highest BCUT2D eigenvalue weighted by Crippen LogP contribution is 2.13. The van der Waals surface area contributed by atoms with Crippen molar-refractivity contribution in [3.05, 3.63) is 41.1 Å². The quantitative estimate of drug-likeness (QED) is 0.803. The molecule has 0 fully saturated rings. The van der Waals surface area contributed by atoms with Gasteiger partial charge in [0, 0.05) is 5.69 Å². The molecular weight excluding hydrogens is 226 g/mol. The van der Waals surface area contributed by atoms with Crippen LogP contribution < -0.4 is 5.32 Å². The Bertz CT molecular complexity index is 610. The predicted molar refractivity (Wildman–Crippen MR) is 63.2 cm³/mol. The monoisotopic (exact) mass is 233 g/mol. The van der Waals surface area contributed by atoms with E-state index in [-0.39, 0.29) is 11.3 Å². The van der Waals surface area contributed by atoms with Crippen LogP contribution in [0.4, 0.5) is 5.69 Å². The Morgan fingerprint density at radius 1 is 0.944 bits per heavy atom. The molecule has 1 aromatic carbocycles. The molecule has 1 rings (SSSR count). The molecule has 1 N–H and O–H groups in total. The van der Waals surface area contributed by atoms with Gasteiger partial charge in [-0.2, -0.15) is 21.0 Å². The Hall–Kier alpha value is -3.28. The van der Waals surface area contributed by atoms with Crippen molar-refractivity contribution in [2.75, 3.05) is 5.32 Å². The Kier molecular flexibility index (Phi) is 4.50. The molecule has 0 saturated heterocycles. The number of hydrogen-bond acceptors (Lipinski definition) is 5. The van der Waals surface area contributed by atoms with Gasteiger partial charge in [0.2, 0.25) is 0 Å². The number of allylic oxidation sites excluding steroid dienone is 2. The second-order valence-corrected chi connectivity index (χ2v) is 3.24. The van der Waals surface area contributed by atoms with Crippen molar-refractivity contribution in [3.63, 3.8) is 0 Å². The van der Waals surface area contributed by atoms with Crippen molar-refractivity contribution in [3.8, 4) is 24.3 Å². The largest absolute Gasteiger partial charge is 0.345 e. The van der Waals surface area contributed by atoms with E-state index < -0.39 is 0 Å². The molecule has 0 aliphatic rings. The van der Waals surface area contributed by atoms with E-state index in [1.807, 2.05) is 6.07 Å². The van der Waals surface area contributed by atoms with Gasteiger partial charge in [-0.05, 0) is 17.7 Å². The first-order chi connectivity index (χ1) is 8.74. The van der Waals surface area contributed by atoms with Gasteiger partial charge in [-0.3, -0.25) is 0 Å². The van der Waals surface area contributed by atoms with E-state index in [1.54, 1.807) is 42.5 Å². The molecule has 84 valence electrons. The number of anilines is 1. The highest BCUT2D eigenvalue weighted by molar-refractivity contribution is 5.58. The maximum absolute atomic E-state index is 8.84. The summed E-state index contributed by atoms with van der Waals surface area (Å²) in [5.41, 5.74) is 1.08. The molecule has 0 aliphatic carbocycles. The minimum Gasteiger partial charge on any atom is -0.345 e. The summed E-state index contributed by atoms with van der Waals surface area (Å²) in [5, 5.41) is 37.4. The smallest absolute Gasteiger partial charge is 0.163 e. The van der Waals surface area contributed by atoms with Gasteiger partial charge in [-0.25, -0.2) is 0 Å². The van der Waals surface area contributed by atoms with Gasteiger partial charge in [0.1, 0.15) is 23.9 Å². The van der Waals surface area contributed by atoms with Crippen molar-refractivity contribution in [2.45, 2.75) is 6.42 Å². The van der Waals surface area contributed by atoms with Gasteiger partial charge in [0.25, 0.3) is 0 Å². The van der Waals surface area contributed by atoms with Gasteiger partial charge < -0.3 is 5.32 Å². The Labute approximate surface area is 104 Å². The minimum atomic E-state index is -0.265. The van der Waals surface area contributed by atoms with E-state index in [0.29, 0.717) is 12.1 Å². The Morgan fingerprint density at radius 2 is 1.56 bits per heavy atom. The summed E-state index contributed by atoms with van der Waals surface area (Å²) in [6.07, 6.45) is 0.308. The number of benzene rings is 1. The summed E-state index contributed by atoms with van der Waals surface area (Å²) in [7, 11) is 0. The first-order valence-electron chi connectivity index (χ1n) is 4.92. The van der Waals surface area contributed by atoms with Gasteiger partial charge in [0.05, 0.1) is 12.5 Å². The van der Waals surface area contributed by atoms with E-state index in [1.165, 1.54) is 0 Å². The zero-order chi connectivity index (χ0) is 13.4. The number of nitrogens with one attached hydrogen (secondary N) is 1. The van der Waals surface area contributed by atoms with Crippen molar-refractivity contribution in [1.82, 2.24) is 0 Å². The van der Waals surface area contributed by atoms with E-state index >= 15 is 0 Å². The van der Waals surface area contributed by atoms with E-state index in [0.717, 1.165) is 5.56 Å². The lowest BCUT2D eigenvalue weighted by atomic mass is 10.1. The van der Waals surface area contributed by atoms with Crippen LogP contribution >= 0.6 is 0 Å². The van der Waals surface area contributed by atoms with E-state index in [9.17, 15) is 0 Å². The van der Waals surface area contributed by atoms with Crippen LogP contribution in [0.2, 0.25) is 0 Å². The number of hydrogen-bond donors (Lipinski definition) is 1. The summed E-state index contributed by atoms with van der Waals surface area (Å²) < 4.78 is 0. The van der Waals surface area contributed by atoms with Crippen LogP contribution in [0, 0.1) is 45.3 Å². The molecule has 0 radical (unpaired) electrons. The molecule has 5 nitrogen and oxygen atoms in total. The van der Waals surface area contributed by atoms with Gasteiger partial charge in [-0.1, -0.05) is 12.1 Å². The normalized spacial score (nSPS) is 8.00. The number of nitrogens with zero attached hydrogens (tertiary/aromatic N) is 4. The summed E-state index contributed by atoms with van der Waals surface area (Å²) in [4.78, 5) is 0. The molecule has 0 unspecified atom stereocenters. The van der Waals surface area contributed by atoms with Gasteiger partial charge >= 0.3 is 0 Å². The summed E-state index contributed by atoms with van der Waals surface area (Å²) in [6, 6.07) is 13.9. The molecule has 0 amide bonds. The zero-order valence-electron chi connectivity index (χ0n) is 9.31. The summed E-state index contributed by atoms with van der Waals surface area (Å²) in [5.74, 6) is 0. The fourth-order valence-corrected chi connectivity index (χ4v) is 1.22. The van der Waals surface area contributed by atoms with Crippen molar-refractivity contribution < 1.29 is 0 Å². The molecular formula is C13H7N5. The molecule has 0 heterocycles. The number of nitriles is 4. The maximum Gasteiger partial charge on any atom is 0.163 e. The molecule has 18 heavy (non-hydrogen) atoms. The van der Waals surface area contributed by atoms with Crippen molar-refractivity contribution in [2.24, 2.45) is 0 Å². The van der Waals surface area contributed by atoms with Gasteiger partial charge in [-0.15, -0.1) is 0 Å². The van der Waals surface area contributed by atoms with Crippen LogP contribution in [0.25, 0.3) is 0 Å². The molecule has 1 aromatic rings. The first-order valence-corrected chi connectivity index (χ1v) is 4.92. The third-order valence-electron chi connectivity index (χ3n) is 2.09. The van der Waals surface area contributed by atoms with Crippen LogP contribution in [-0.4, -0.2) is 0 Å². The van der Waals surface area contributed by atoms with Crippen LogP contribution in [0.3, 0.4) is 0 Å². The molecule has 0 spiro atoms. The van der Waals surface area contributed by atoms with Gasteiger partial charge in [0.15, 0.2) is 5.57 Å². The molecule has 0 aromatic heterocycles. The third-order valence-corrected chi connectivity index (χ3v) is 2.09. The first kappa shape index (κ1) is 12.8. The number of rotatable bonds is 3. The lowest BCUT2D eigenvalue weighted by Gasteiger charge is -2.04. The zero-order valence-corrected chi connectivity index (χ0v) is 9.31. The summed E-state index contributed by atoms with van der Waals surface area (Å²) >= 11 is 0. The van der Waals surface area contributed by atoms with E-state index in [2.05, 4.69) is 5.32 Å². The second-order valence-electron chi connectivity index (χ2n) is 3.24. The Morgan fingerprint density at radius 3 is 2.00 bits per heavy atom. The fraction of sp³-hybridized carbons (Fsp3) is 0.0769. The molecule has 0 atom stereocenters. The average molecular weight is 233 g/mol. The van der Waals surface area contributed by atoms with Crippen LogP contribution in [0.5, 0.6) is 0 Å². The van der Waals surface area contributed by atoms with Crippen LogP contribution in [0.1, 0.15) is 5.56 Å². The highest BCUT2D eigenvalue weighted by atomic mass is 14.9. The summed E-state index contributed by atoms with van der Waals surface area (Å²) in [6.45, 7) is 0. The minimum absolute atomic E-state index is 0.0898. The maximum atomic E-state index is 8.84. The van der Waals surface area contributed by atoms with Crippen LogP contribution in [0.15, 0.2) is 35.5 Å². The lowest BCUT2D eigenvalue weighted by Crippen LogP contribution is -2.00. The SMILES string of the molecule is N#CCc1ccc(NC(C#N)=C(C#N)C#N)cc1. The standard InChI is InChI=1S/C13H7N5/c14-6-5-10-1-3-12(4-2-10)18-13(9-17)11(7-15)8-16/h1-4,18H,5H2. The highest BCUT2D eigenvalue weighted by Gasteiger charge is 2.05. The Balaban J connectivity index is 2.96. The molecule has 0 aliphatic heterocycles. The molecule has 0 saturated carbocycles. The second kappa shape index (κ2) is 6.33. The molecule has 5 heteroatoms. The van der Waals surface area contributed by atoms with Crippen molar-refractivity contribution >= 4 is 5.69 Å². The third kappa shape index (κ3) is 3.11. The molecule has 0 bridgehead atoms. The van der Waals surface area contributed by atoms with Crippen LogP contribution in [-0.2, 0) is 6.42 Å². The topological polar surface area (TPSA) is 107 Å². The average Bonchev–Trinajstić information content (AvgIpc) is 2.41.